The first kappa shape index (κ1) is 14.3. The van der Waals surface area contributed by atoms with Crippen LogP contribution in [-0.4, -0.2) is 22.3 Å². The second-order valence-electron chi connectivity index (χ2n) is 5.69. The molecule has 0 saturated carbocycles. The van der Waals surface area contributed by atoms with E-state index in [1.165, 1.54) is 11.3 Å². The molecule has 1 aliphatic rings. The van der Waals surface area contributed by atoms with Crippen LogP contribution in [0.25, 0.3) is 10.2 Å². The molecule has 2 aromatic heterocycles. The Morgan fingerprint density at radius 3 is 2.96 bits per heavy atom. The first-order valence-electron chi connectivity index (χ1n) is 7.49. The number of nitrogens with zero attached hydrogens (tertiary/aromatic N) is 2. The van der Waals surface area contributed by atoms with Crippen molar-refractivity contribution in [3.8, 4) is 11.5 Å². The summed E-state index contributed by atoms with van der Waals surface area (Å²) in [4.78, 5) is 19.0. The van der Waals surface area contributed by atoms with Gasteiger partial charge in [-0.1, -0.05) is 12.1 Å². The Balaban J connectivity index is 1.69. The lowest BCUT2D eigenvalue weighted by Crippen LogP contribution is -2.39. The van der Waals surface area contributed by atoms with E-state index >= 15 is 0 Å². The highest BCUT2D eigenvalue weighted by molar-refractivity contribution is 7.18. The zero-order valence-electron chi connectivity index (χ0n) is 12.9. The number of hydrogen-bond donors (Lipinski definition) is 0. The van der Waals surface area contributed by atoms with E-state index in [0.717, 1.165) is 15.5 Å². The molecule has 0 radical (unpaired) electrons. The molecule has 4 rings (SSSR count). The average molecular weight is 328 g/mol. The van der Waals surface area contributed by atoms with E-state index in [0.29, 0.717) is 17.7 Å². The number of para-hydroxylation sites is 2. The van der Waals surface area contributed by atoms with Gasteiger partial charge in [-0.2, -0.15) is 0 Å². The summed E-state index contributed by atoms with van der Waals surface area (Å²) < 4.78 is 13.4. The maximum Gasteiger partial charge on any atom is 0.262 e. The third-order valence-corrected chi connectivity index (χ3v) is 5.07. The minimum Gasteiger partial charge on any atom is -0.486 e. The van der Waals surface area contributed by atoms with Gasteiger partial charge in [0.1, 0.15) is 11.4 Å². The molecule has 2 atom stereocenters. The summed E-state index contributed by atoms with van der Waals surface area (Å²) in [5.74, 6) is 1.45. The number of hydrogen-bond acceptors (Lipinski definition) is 5. The van der Waals surface area contributed by atoms with Gasteiger partial charge in [-0.15, -0.1) is 11.3 Å². The number of thiophene rings is 1. The third kappa shape index (κ3) is 2.39. The fourth-order valence-corrected chi connectivity index (χ4v) is 3.64. The Hall–Kier alpha value is -2.34. The molecule has 1 aliphatic heterocycles. The van der Waals surface area contributed by atoms with Gasteiger partial charge in [-0.3, -0.25) is 9.36 Å². The van der Waals surface area contributed by atoms with Crippen LogP contribution in [0.5, 0.6) is 11.5 Å². The molecule has 23 heavy (non-hydrogen) atoms. The summed E-state index contributed by atoms with van der Waals surface area (Å²) in [6.07, 6.45) is 1.37. The molecular weight excluding hydrogens is 312 g/mol. The predicted octanol–water partition coefficient (Wildman–Crippen LogP) is 3.17. The molecule has 1 aromatic carbocycles. The summed E-state index contributed by atoms with van der Waals surface area (Å²) in [5, 5.41) is 0.666. The summed E-state index contributed by atoms with van der Waals surface area (Å²) >= 11 is 1.53. The van der Waals surface area contributed by atoms with Crippen LogP contribution < -0.4 is 15.0 Å². The molecular formula is C17H16N2O3S. The van der Waals surface area contributed by atoms with Crippen LogP contribution in [0, 0.1) is 6.92 Å². The lowest BCUT2D eigenvalue weighted by molar-refractivity contribution is 0.0559. The number of ether oxygens (including phenoxy) is 2. The smallest absolute Gasteiger partial charge is 0.262 e. The van der Waals surface area contributed by atoms with Crippen molar-refractivity contribution in [2.24, 2.45) is 0 Å². The molecule has 0 fully saturated rings. The number of rotatable bonds is 2. The van der Waals surface area contributed by atoms with Crippen molar-refractivity contribution >= 4 is 21.6 Å². The first-order chi connectivity index (χ1) is 11.1. The maximum atomic E-state index is 12.7. The average Bonchev–Trinajstić information content (AvgIpc) is 2.95. The van der Waals surface area contributed by atoms with Gasteiger partial charge in [0.15, 0.2) is 17.6 Å². The van der Waals surface area contributed by atoms with Gasteiger partial charge in [-0.25, -0.2) is 4.98 Å². The summed E-state index contributed by atoms with van der Waals surface area (Å²) in [6.45, 7) is 4.34. The van der Waals surface area contributed by atoms with Crippen molar-refractivity contribution in [1.82, 2.24) is 9.55 Å². The van der Waals surface area contributed by atoms with E-state index in [-0.39, 0.29) is 17.7 Å². The van der Waals surface area contributed by atoms with Gasteiger partial charge in [0.05, 0.1) is 17.8 Å². The molecule has 3 aromatic rings. The topological polar surface area (TPSA) is 53.4 Å². The van der Waals surface area contributed by atoms with Crippen molar-refractivity contribution in [2.45, 2.75) is 26.0 Å². The normalized spacial score (nSPS) is 18.1. The van der Waals surface area contributed by atoms with Crippen molar-refractivity contribution in [3.63, 3.8) is 0 Å². The second-order valence-corrected chi connectivity index (χ2v) is 6.92. The zero-order chi connectivity index (χ0) is 16.0. The van der Waals surface area contributed by atoms with E-state index < -0.39 is 0 Å². The Kier molecular flexibility index (Phi) is 3.34. The maximum absolute atomic E-state index is 12.7. The fraction of sp³-hybridized carbons (Fsp3) is 0.294. The molecule has 0 amide bonds. The molecule has 0 spiro atoms. The Morgan fingerprint density at radius 2 is 2.13 bits per heavy atom. The lowest BCUT2D eigenvalue weighted by atomic mass is 10.1. The predicted molar refractivity (Wildman–Crippen MR) is 89.7 cm³/mol. The molecule has 0 aliphatic carbocycles. The van der Waals surface area contributed by atoms with Gasteiger partial charge in [0.25, 0.3) is 5.56 Å². The van der Waals surface area contributed by atoms with Gasteiger partial charge in [-0.05, 0) is 32.0 Å². The third-order valence-electron chi connectivity index (χ3n) is 4.11. The molecule has 3 heterocycles. The SMILES string of the molecule is Cc1cc2c(=O)n([C@@H](C)[C@@H]3COc4ccccc4O3)cnc2s1. The van der Waals surface area contributed by atoms with E-state index in [9.17, 15) is 4.79 Å². The highest BCUT2D eigenvalue weighted by Crippen LogP contribution is 2.33. The van der Waals surface area contributed by atoms with E-state index in [1.807, 2.05) is 44.2 Å². The summed E-state index contributed by atoms with van der Waals surface area (Å²) in [7, 11) is 0. The molecule has 0 unspecified atom stereocenters. The molecule has 0 saturated heterocycles. The van der Waals surface area contributed by atoms with Crippen LogP contribution in [0.2, 0.25) is 0 Å². The quantitative estimate of drug-likeness (QED) is 0.725. The van der Waals surface area contributed by atoms with Crippen molar-refractivity contribution in [1.29, 1.82) is 0 Å². The first-order valence-corrected chi connectivity index (χ1v) is 8.31. The number of fused-ring (bicyclic) bond motifs is 2. The Morgan fingerprint density at radius 1 is 1.35 bits per heavy atom. The number of aryl methyl sites for hydroxylation is 1. The highest BCUT2D eigenvalue weighted by Gasteiger charge is 2.28. The van der Waals surface area contributed by atoms with Crippen LogP contribution in [0.1, 0.15) is 17.8 Å². The molecule has 0 bridgehead atoms. The number of aromatic nitrogens is 2. The summed E-state index contributed by atoms with van der Waals surface area (Å²) in [5.41, 5.74) is -0.0330. The minimum absolute atomic E-state index is 0.0330. The largest absolute Gasteiger partial charge is 0.486 e. The van der Waals surface area contributed by atoms with Crippen LogP contribution in [-0.2, 0) is 0 Å². The fourth-order valence-electron chi connectivity index (χ4n) is 2.80. The van der Waals surface area contributed by atoms with Crippen LogP contribution in [0.15, 0.2) is 41.5 Å². The van der Waals surface area contributed by atoms with Crippen LogP contribution >= 0.6 is 11.3 Å². The van der Waals surface area contributed by atoms with Crippen LogP contribution in [0.3, 0.4) is 0 Å². The molecule has 0 N–H and O–H groups in total. The van der Waals surface area contributed by atoms with E-state index in [4.69, 9.17) is 9.47 Å². The minimum atomic E-state index is -0.235. The Bertz CT molecular complexity index is 931. The summed E-state index contributed by atoms with van der Waals surface area (Å²) in [6, 6.07) is 9.29. The lowest BCUT2D eigenvalue weighted by Gasteiger charge is -2.31. The molecule has 6 heteroatoms. The standard InChI is InChI=1S/C17H16N2O3S/c1-10-7-12-16(23-10)18-9-19(17(12)20)11(2)15-8-21-13-5-3-4-6-14(13)22-15/h3-7,9,11,15H,8H2,1-2H3/t11-,15-/m0/s1. The van der Waals surface area contributed by atoms with Crippen molar-refractivity contribution in [2.75, 3.05) is 6.61 Å². The number of benzene rings is 1. The van der Waals surface area contributed by atoms with E-state index in [2.05, 4.69) is 4.98 Å². The van der Waals surface area contributed by atoms with Crippen LogP contribution in [0.4, 0.5) is 0 Å². The zero-order valence-corrected chi connectivity index (χ0v) is 13.7. The monoisotopic (exact) mass is 328 g/mol. The van der Waals surface area contributed by atoms with Gasteiger partial charge in [0, 0.05) is 4.88 Å². The molecule has 118 valence electrons. The molecule has 5 nitrogen and oxygen atoms in total. The van der Waals surface area contributed by atoms with E-state index in [1.54, 1.807) is 10.9 Å². The van der Waals surface area contributed by atoms with Gasteiger partial charge < -0.3 is 9.47 Å². The van der Waals surface area contributed by atoms with Crippen molar-refractivity contribution in [3.05, 3.63) is 51.9 Å². The van der Waals surface area contributed by atoms with Gasteiger partial charge in [0.2, 0.25) is 0 Å². The second kappa shape index (κ2) is 5.38. The van der Waals surface area contributed by atoms with Crippen molar-refractivity contribution < 1.29 is 9.47 Å². The Labute approximate surface area is 137 Å². The highest BCUT2D eigenvalue weighted by atomic mass is 32.1. The van der Waals surface area contributed by atoms with Gasteiger partial charge >= 0.3 is 0 Å².